The lowest BCUT2D eigenvalue weighted by Gasteiger charge is -2.08. The molecule has 0 aliphatic heterocycles. The van der Waals surface area contributed by atoms with E-state index in [-0.39, 0.29) is 0 Å². The molecule has 5 heteroatoms. The van der Waals surface area contributed by atoms with Crippen LogP contribution < -0.4 is 14.2 Å². The van der Waals surface area contributed by atoms with E-state index in [0.717, 1.165) is 25.7 Å². The van der Waals surface area contributed by atoms with Crippen LogP contribution in [0.15, 0.2) is 72.7 Å². The van der Waals surface area contributed by atoms with E-state index in [2.05, 4.69) is 13.8 Å². The van der Waals surface area contributed by atoms with Gasteiger partial charge in [0.1, 0.15) is 23.0 Å². The second-order valence-electron chi connectivity index (χ2n) is 8.67. The normalized spacial score (nSPS) is 12.0. The summed E-state index contributed by atoms with van der Waals surface area (Å²) >= 11 is 0. The van der Waals surface area contributed by atoms with E-state index in [0.29, 0.717) is 35.8 Å². The lowest BCUT2D eigenvalue weighted by Crippen LogP contribution is -1.91. The Bertz CT molecular complexity index is 800. The number of benzene rings is 2. The van der Waals surface area contributed by atoms with Crippen molar-refractivity contribution in [2.75, 3.05) is 0 Å². The summed E-state index contributed by atoms with van der Waals surface area (Å²) in [6.07, 6.45) is 15.7. The Hall–Kier alpha value is -2.82. The van der Waals surface area contributed by atoms with Gasteiger partial charge in [-0.25, -0.2) is 0 Å². The maximum Gasteiger partial charge on any atom is 0.274 e. The number of hydrogen-bond donors (Lipinski definition) is 0. The first kappa shape index (κ1) is 28.4. The van der Waals surface area contributed by atoms with Crippen molar-refractivity contribution in [1.29, 1.82) is 0 Å². The van der Waals surface area contributed by atoms with Crippen molar-refractivity contribution in [3.05, 3.63) is 72.7 Å². The molecule has 0 radical (unpaired) electrons. The summed E-state index contributed by atoms with van der Waals surface area (Å²) in [7, 11) is 0. The van der Waals surface area contributed by atoms with Gasteiger partial charge in [0.25, 0.3) is 12.0 Å². The summed E-state index contributed by atoms with van der Waals surface area (Å²) in [5, 5.41) is 0. The van der Waals surface area contributed by atoms with E-state index in [9.17, 15) is 8.78 Å². The molecule has 2 aromatic carbocycles. The molecule has 0 fully saturated rings. The van der Waals surface area contributed by atoms with E-state index < -0.39 is 12.0 Å². The van der Waals surface area contributed by atoms with Crippen molar-refractivity contribution in [3.63, 3.8) is 0 Å². The van der Waals surface area contributed by atoms with Gasteiger partial charge in [-0.05, 0) is 86.4 Å². The number of rotatable bonds is 18. The zero-order valence-corrected chi connectivity index (χ0v) is 21.2. The fraction of sp³-hybridized carbons (Fsp3) is 0.467. The van der Waals surface area contributed by atoms with Crippen LogP contribution >= 0.6 is 0 Å². The van der Waals surface area contributed by atoms with E-state index in [1.807, 2.05) is 0 Å². The van der Waals surface area contributed by atoms with E-state index >= 15 is 0 Å². The molecule has 0 bridgehead atoms. The van der Waals surface area contributed by atoms with Crippen LogP contribution in [0.3, 0.4) is 0 Å². The van der Waals surface area contributed by atoms with Crippen molar-refractivity contribution < 1.29 is 23.0 Å². The molecule has 0 spiro atoms. The molecule has 0 aromatic heterocycles. The smallest absolute Gasteiger partial charge is 0.274 e. The van der Waals surface area contributed by atoms with Gasteiger partial charge in [-0.1, -0.05) is 65.2 Å². The maximum absolute atomic E-state index is 13.9. The van der Waals surface area contributed by atoms with Gasteiger partial charge in [-0.2, -0.15) is 8.78 Å². The third kappa shape index (κ3) is 13.0. The molecular weight excluding hydrogens is 446 g/mol. The molecule has 3 nitrogen and oxygen atoms in total. The summed E-state index contributed by atoms with van der Waals surface area (Å²) in [5.41, 5.74) is 0. The van der Waals surface area contributed by atoms with E-state index in [1.54, 1.807) is 48.5 Å². The molecule has 0 heterocycles. The van der Waals surface area contributed by atoms with Gasteiger partial charge >= 0.3 is 0 Å². The highest BCUT2D eigenvalue weighted by molar-refractivity contribution is 5.38. The monoisotopic (exact) mass is 486 g/mol. The Kier molecular flexibility index (Phi) is 14.3. The van der Waals surface area contributed by atoms with Crippen molar-refractivity contribution in [2.45, 2.75) is 90.9 Å². The van der Waals surface area contributed by atoms with E-state index in [1.165, 1.54) is 50.7 Å². The van der Waals surface area contributed by atoms with Gasteiger partial charge in [0, 0.05) is 0 Å². The quantitative estimate of drug-likeness (QED) is 0.155. The first-order valence-corrected chi connectivity index (χ1v) is 13.1. The average molecular weight is 487 g/mol. The zero-order valence-electron chi connectivity index (χ0n) is 21.2. The van der Waals surface area contributed by atoms with Crippen LogP contribution in [0.5, 0.6) is 23.0 Å². The molecule has 0 saturated carbocycles. The van der Waals surface area contributed by atoms with Gasteiger partial charge < -0.3 is 14.2 Å². The number of hydrogen-bond acceptors (Lipinski definition) is 3. The molecular formula is C30H40F2O3. The highest BCUT2D eigenvalue weighted by Crippen LogP contribution is 2.27. The van der Waals surface area contributed by atoms with Gasteiger partial charge in [0.15, 0.2) is 0 Å². The van der Waals surface area contributed by atoms with Crippen LogP contribution in [0, 0.1) is 0 Å². The molecule has 0 unspecified atom stereocenters. The second kappa shape index (κ2) is 17.6. The van der Waals surface area contributed by atoms with Gasteiger partial charge in [-0.15, -0.1) is 0 Å². The summed E-state index contributed by atoms with van der Waals surface area (Å²) in [6.45, 7) is 4.35. The average Bonchev–Trinajstić information content (AvgIpc) is 2.86. The third-order valence-electron chi connectivity index (χ3n) is 5.54. The fourth-order valence-electron chi connectivity index (χ4n) is 3.52. The lowest BCUT2D eigenvalue weighted by molar-refractivity contribution is 0.298. The first-order valence-electron chi connectivity index (χ1n) is 13.1. The van der Waals surface area contributed by atoms with Crippen LogP contribution in [-0.2, 0) is 0 Å². The van der Waals surface area contributed by atoms with Crippen molar-refractivity contribution in [3.8, 4) is 23.0 Å². The SMILES string of the molecule is CCCCCCC/C=C(\F)Oc1ccc(Oc2ccc(O/C(F)=C/CCCCCCC)cc2)cc1. The molecule has 2 rings (SSSR count). The molecule has 35 heavy (non-hydrogen) atoms. The Morgan fingerprint density at radius 1 is 0.543 bits per heavy atom. The molecule has 0 atom stereocenters. The van der Waals surface area contributed by atoms with Gasteiger partial charge in [0.05, 0.1) is 0 Å². The Morgan fingerprint density at radius 3 is 1.26 bits per heavy atom. The third-order valence-corrected chi connectivity index (χ3v) is 5.54. The predicted octanol–water partition coefficient (Wildman–Crippen LogP) is 10.6. The van der Waals surface area contributed by atoms with Crippen molar-refractivity contribution in [2.24, 2.45) is 0 Å². The van der Waals surface area contributed by atoms with Crippen LogP contribution in [0.2, 0.25) is 0 Å². The molecule has 0 amide bonds. The summed E-state index contributed by atoms with van der Waals surface area (Å²) in [4.78, 5) is 0. The fourth-order valence-corrected chi connectivity index (χ4v) is 3.52. The van der Waals surface area contributed by atoms with Crippen molar-refractivity contribution in [1.82, 2.24) is 0 Å². The maximum atomic E-state index is 13.9. The minimum atomic E-state index is -0.581. The minimum absolute atomic E-state index is 0.411. The largest absolute Gasteiger partial charge is 0.457 e. The molecule has 0 N–H and O–H groups in total. The molecule has 0 saturated heterocycles. The highest BCUT2D eigenvalue weighted by Gasteiger charge is 2.04. The second-order valence-corrected chi connectivity index (χ2v) is 8.67. The van der Waals surface area contributed by atoms with E-state index in [4.69, 9.17) is 14.2 Å². The highest BCUT2D eigenvalue weighted by atomic mass is 19.1. The Morgan fingerprint density at radius 2 is 0.886 bits per heavy atom. The molecule has 0 aliphatic rings. The van der Waals surface area contributed by atoms with Crippen LogP contribution in [0.4, 0.5) is 8.78 Å². The summed E-state index contributed by atoms with van der Waals surface area (Å²) < 4.78 is 44.1. The van der Waals surface area contributed by atoms with Crippen LogP contribution in [0.25, 0.3) is 0 Å². The summed E-state index contributed by atoms with van der Waals surface area (Å²) in [6, 6.07) is 12.3. The van der Waals surface area contributed by atoms with Crippen molar-refractivity contribution >= 4 is 0 Å². The number of ether oxygens (including phenoxy) is 3. The minimum Gasteiger partial charge on any atom is -0.457 e. The topological polar surface area (TPSA) is 27.7 Å². The summed E-state index contributed by atoms with van der Waals surface area (Å²) in [5.74, 6) is 1.99. The number of unbranched alkanes of at least 4 members (excludes halogenated alkanes) is 10. The van der Waals surface area contributed by atoms with Gasteiger partial charge in [-0.3, -0.25) is 0 Å². The Balaban J connectivity index is 1.74. The predicted molar refractivity (Wildman–Crippen MR) is 139 cm³/mol. The zero-order chi connectivity index (χ0) is 25.1. The molecule has 2 aromatic rings. The number of allylic oxidation sites excluding steroid dienone is 2. The molecule has 0 aliphatic carbocycles. The standard InChI is InChI=1S/C30H40F2O3/c1-3-5-7-9-11-13-15-29(31)34-27-21-17-25(18-22-27)33-26-19-23-28(24-20-26)35-30(32)16-14-12-10-8-6-4-2/h15-24H,3-14H2,1-2H3/b29-15+,30-16+. The molecule has 192 valence electrons. The number of halogens is 2. The van der Waals surface area contributed by atoms with Crippen LogP contribution in [-0.4, -0.2) is 0 Å². The lowest BCUT2D eigenvalue weighted by atomic mass is 10.1. The first-order chi connectivity index (χ1) is 17.1. The van der Waals surface area contributed by atoms with Gasteiger partial charge in [0.2, 0.25) is 0 Å². The van der Waals surface area contributed by atoms with Crippen LogP contribution in [0.1, 0.15) is 90.9 Å². The Labute approximate surface area is 209 Å².